The summed E-state index contributed by atoms with van der Waals surface area (Å²) in [7, 11) is 1.02. The standard InChI is InChI=1S/C20H14F3NO4S/c1-9-3-5-10(6-4-9)18-15(20(26)27)12(8-29-18)24-19(25)14-11(21)7-13(28-2)16(22)17(14)23/h3-8H,1-2H3,(H,24,25)(H,26,27). The highest BCUT2D eigenvalue weighted by Gasteiger charge is 2.27. The van der Waals surface area contributed by atoms with Crippen LogP contribution in [0.25, 0.3) is 10.4 Å². The number of halogens is 3. The van der Waals surface area contributed by atoms with E-state index in [-0.39, 0.29) is 11.3 Å². The lowest BCUT2D eigenvalue weighted by Crippen LogP contribution is -2.18. The number of carbonyl (C=O) groups is 2. The van der Waals surface area contributed by atoms with Gasteiger partial charge in [-0.2, -0.15) is 4.39 Å². The molecule has 0 saturated heterocycles. The van der Waals surface area contributed by atoms with Gasteiger partial charge in [0.25, 0.3) is 5.91 Å². The van der Waals surface area contributed by atoms with Gasteiger partial charge in [-0.15, -0.1) is 11.3 Å². The molecule has 0 aliphatic heterocycles. The van der Waals surface area contributed by atoms with Crippen molar-refractivity contribution in [3.8, 4) is 16.2 Å². The van der Waals surface area contributed by atoms with Gasteiger partial charge in [0.15, 0.2) is 11.6 Å². The number of carboxylic acids is 1. The molecular formula is C20H14F3NO4S. The third-order valence-electron chi connectivity index (χ3n) is 4.14. The van der Waals surface area contributed by atoms with E-state index < -0.39 is 40.6 Å². The number of aryl methyl sites for hydroxylation is 1. The zero-order chi connectivity index (χ0) is 21.3. The molecule has 0 aliphatic carbocycles. The molecule has 9 heteroatoms. The van der Waals surface area contributed by atoms with Crippen molar-refractivity contribution in [1.29, 1.82) is 0 Å². The van der Waals surface area contributed by atoms with Crippen molar-refractivity contribution in [1.82, 2.24) is 0 Å². The molecule has 0 radical (unpaired) electrons. The third-order valence-corrected chi connectivity index (χ3v) is 5.17. The van der Waals surface area contributed by atoms with Gasteiger partial charge in [-0.05, 0) is 12.5 Å². The van der Waals surface area contributed by atoms with Gasteiger partial charge < -0.3 is 15.2 Å². The number of amides is 1. The number of rotatable bonds is 5. The van der Waals surface area contributed by atoms with Crippen molar-refractivity contribution in [2.75, 3.05) is 12.4 Å². The monoisotopic (exact) mass is 421 g/mol. The van der Waals surface area contributed by atoms with Crippen molar-refractivity contribution in [2.24, 2.45) is 0 Å². The molecule has 1 amide bonds. The predicted octanol–water partition coefficient (Wildman–Crippen LogP) is 5.10. The second kappa shape index (κ2) is 7.96. The maximum atomic E-state index is 14.2. The van der Waals surface area contributed by atoms with Crippen molar-refractivity contribution in [3.63, 3.8) is 0 Å². The highest BCUT2D eigenvalue weighted by Crippen LogP contribution is 2.37. The van der Waals surface area contributed by atoms with Crippen LogP contribution >= 0.6 is 11.3 Å². The Morgan fingerprint density at radius 1 is 1.07 bits per heavy atom. The Morgan fingerprint density at radius 3 is 2.31 bits per heavy atom. The van der Waals surface area contributed by atoms with Gasteiger partial charge in [-0.25, -0.2) is 13.6 Å². The molecule has 0 spiro atoms. The Hall–Kier alpha value is -3.33. The largest absolute Gasteiger partial charge is 0.493 e. The van der Waals surface area contributed by atoms with Gasteiger partial charge in [0.2, 0.25) is 5.82 Å². The van der Waals surface area contributed by atoms with Crippen LogP contribution in [-0.2, 0) is 0 Å². The molecule has 3 rings (SSSR count). The minimum Gasteiger partial charge on any atom is -0.493 e. The van der Waals surface area contributed by atoms with Crippen LogP contribution in [0.4, 0.5) is 18.9 Å². The van der Waals surface area contributed by atoms with Crippen LogP contribution in [0.3, 0.4) is 0 Å². The molecule has 1 aromatic heterocycles. The summed E-state index contributed by atoms with van der Waals surface area (Å²) in [6.07, 6.45) is 0. The average Bonchev–Trinajstić information content (AvgIpc) is 3.09. The quantitative estimate of drug-likeness (QED) is 0.562. The van der Waals surface area contributed by atoms with E-state index >= 15 is 0 Å². The zero-order valence-corrected chi connectivity index (χ0v) is 16.0. The number of carboxylic acid groups (broad SMARTS) is 1. The summed E-state index contributed by atoms with van der Waals surface area (Å²) in [6.45, 7) is 1.87. The molecule has 3 aromatic rings. The van der Waals surface area contributed by atoms with E-state index in [1.807, 2.05) is 6.92 Å². The van der Waals surface area contributed by atoms with Crippen LogP contribution in [0.5, 0.6) is 5.75 Å². The van der Waals surface area contributed by atoms with E-state index in [0.29, 0.717) is 16.5 Å². The first-order valence-electron chi connectivity index (χ1n) is 8.19. The molecule has 0 aliphatic rings. The van der Waals surface area contributed by atoms with Gasteiger partial charge in [-0.1, -0.05) is 29.8 Å². The van der Waals surface area contributed by atoms with Gasteiger partial charge in [0.05, 0.1) is 17.7 Å². The molecule has 0 fully saturated rings. The fourth-order valence-corrected chi connectivity index (χ4v) is 3.69. The van der Waals surface area contributed by atoms with Crippen LogP contribution in [0.1, 0.15) is 26.3 Å². The molecule has 1 heterocycles. The fraction of sp³-hybridized carbons (Fsp3) is 0.100. The number of thiophene rings is 1. The van der Waals surface area contributed by atoms with Crippen LogP contribution < -0.4 is 10.1 Å². The van der Waals surface area contributed by atoms with E-state index in [9.17, 15) is 27.9 Å². The van der Waals surface area contributed by atoms with Crippen LogP contribution in [0.2, 0.25) is 0 Å². The van der Waals surface area contributed by atoms with E-state index in [0.717, 1.165) is 24.0 Å². The van der Waals surface area contributed by atoms with Crippen molar-refractivity contribution < 1.29 is 32.6 Å². The number of hydrogen-bond acceptors (Lipinski definition) is 4. The second-order valence-corrected chi connectivity index (χ2v) is 6.92. The number of aromatic carboxylic acids is 1. The lowest BCUT2D eigenvalue weighted by Gasteiger charge is -2.10. The summed E-state index contributed by atoms with van der Waals surface area (Å²) in [6, 6.07) is 7.57. The normalized spacial score (nSPS) is 10.7. The Kier molecular flexibility index (Phi) is 5.60. The Bertz CT molecular complexity index is 1110. The first-order valence-corrected chi connectivity index (χ1v) is 9.07. The molecule has 0 atom stereocenters. The number of ether oxygens (including phenoxy) is 1. The summed E-state index contributed by atoms with van der Waals surface area (Å²) in [5.74, 6) is -7.95. The number of anilines is 1. The Labute approximate surface area is 167 Å². The average molecular weight is 421 g/mol. The van der Waals surface area contributed by atoms with Crippen molar-refractivity contribution in [2.45, 2.75) is 6.92 Å². The van der Waals surface area contributed by atoms with Crippen molar-refractivity contribution in [3.05, 3.63) is 69.9 Å². The summed E-state index contributed by atoms with van der Waals surface area (Å²) in [5.41, 5.74) is 0.0115. The van der Waals surface area contributed by atoms with Gasteiger partial charge in [0, 0.05) is 11.4 Å². The third kappa shape index (κ3) is 3.81. The number of benzene rings is 2. The van der Waals surface area contributed by atoms with E-state index in [1.54, 1.807) is 24.3 Å². The van der Waals surface area contributed by atoms with E-state index in [1.165, 1.54) is 5.38 Å². The molecule has 5 nitrogen and oxygen atoms in total. The minimum absolute atomic E-state index is 0.155. The molecule has 0 saturated carbocycles. The van der Waals surface area contributed by atoms with Crippen molar-refractivity contribution >= 4 is 28.9 Å². The molecule has 29 heavy (non-hydrogen) atoms. The molecule has 2 N–H and O–H groups in total. The van der Waals surface area contributed by atoms with Gasteiger partial charge in [0.1, 0.15) is 16.9 Å². The Morgan fingerprint density at radius 2 is 1.72 bits per heavy atom. The fourth-order valence-electron chi connectivity index (χ4n) is 2.69. The number of methoxy groups -OCH3 is 1. The first kappa shape index (κ1) is 20.4. The summed E-state index contributed by atoms with van der Waals surface area (Å²) < 4.78 is 46.7. The smallest absolute Gasteiger partial charge is 0.339 e. The van der Waals surface area contributed by atoms with Crippen LogP contribution in [-0.4, -0.2) is 24.1 Å². The lowest BCUT2D eigenvalue weighted by atomic mass is 10.1. The maximum absolute atomic E-state index is 14.2. The molecule has 0 bridgehead atoms. The van der Waals surface area contributed by atoms with E-state index in [4.69, 9.17) is 0 Å². The number of carbonyl (C=O) groups excluding carboxylic acids is 1. The molecular weight excluding hydrogens is 407 g/mol. The maximum Gasteiger partial charge on any atom is 0.339 e. The predicted molar refractivity (Wildman–Crippen MR) is 102 cm³/mol. The van der Waals surface area contributed by atoms with Gasteiger partial charge in [-0.3, -0.25) is 4.79 Å². The number of nitrogens with one attached hydrogen (secondary N) is 1. The van der Waals surface area contributed by atoms with Crippen LogP contribution in [0.15, 0.2) is 35.7 Å². The number of hydrogen-bond donors (Lipinski definition) is 2. The summed E-state index contributed by atoms with van der Waals surface area (Å²) in [5, 5.41) is 13.1. The Balaban J connectivity index is 2.01. The second-order valence-electron chi connectivity index (χ2n) is 6.04. The molecule has 0 unspecified atom stereocenters. The zero-order valence-electron chi connectivity index (χ0n) is 15.2. The summed E-state index contributed by atoms with van der Waals surface area (Å²) >= 11 is 1.04. The highest BCUT2D eigenvalue weighted by atomic mass is 32.1. The lowest BCUT2D eigenvalue weighted by molar-refractivity contribution is 0.0699. The molecule has 2 aromatic carbocycles. The molecule has 150 valence electrons. The van der Waals surface area contributed by atoms with E-state index in [2.05, 4.69) is 10.1 Å². The van der Waals surface area contributed by atoms with Gasteiger partial charge >= 0.3 is 5.97 Å². The minimum atomic E-state index is -1.73. The first-order chi connectivity index (χ1) is 13.7. The SMILES string of the molecule is COc1cc(F)c(C(=O)Nc2csc(-c3ccc(C)cc3)c2C(=O)O)c(F)c1F. The topological polar surface area (TPSA) is 75.6 Å². The highest BCUT2D eigenvalue weighted by molar-refractivity contribution is 7.14. The summed E-state index contributed by atoms with van der Waals surface area (Å²) in [4.78, 5) is 24.5. The van der Waals surface area contributed by atoms with Crippen LogP contribution in [0, 0.1) is 24.4 Å².